The van der Waals surface area contributed by atoms with E-state index in [0.29, 0.717) is 6.54 Å². The lowest BCUT2D eigenvalue weighted by Gasteiger charge is -2.26. The van der Waals surface area contributed by atoms with Crippen molar-refractivity contribution in [3.05, 3.63) is 0 Å². The van der Waals surface area contributed by atoms with Crippen LogP contribution in [0.2, 0.25) is 0 Å². The predicted octanol–water partition coefficient (Wildman–Crippen LogP) is 0.435. The molecule has 0 N–H and O–H groups in total. The molecule has 0 saturated carbocycles. The zero-order valence-electron chi connectivity index (χ0n) is 7.87. The molecule has 0 aromatic heterocycles. The molecule has 1 saturated heterocycles. The number of hydrogen-bond donors (Lipinski definition) is 0. The van der Waals surface area contributed by atoms with Crippen LogP contribution in [0.1, 0.15) is 12.8 Å². The van der Waals surface area contributed by atoms with Crippen LogP contribution in [0, 0.1) is 0 Å². The van der Waals surface area contributed by atoms with Crippen LogP contribution in [0.5, 0.6) is 0 Å². The molecule has 0 aliphatic carbocycles. The van der Waals surface area contributed by atoms with Gasteiger partial charge < -0.3 is 4.74 Å². The van der Waals surface area contributed by atoms with E-state index in [1.54, 1.807) is 6.08 Å². The lowest BCUT2D eigenvalue weighted by atomic mass is 10.3. The maximum atomic E-state index is 9.75. The second-order valence-electron chi connectivity index (χ2n) is 3.13. The molecular formula is C9H16N2O2. The van der Waals surface area contributed by atoms with Crippen molar-refractivity contribution in [1.82, 2.24) is 4.90 Å². The number of hydrogen-bond acceptors (Lipinski definition) is 4. The van der Waals surface area contributed by atoms with E-state index < -0.39 is 0 Å². The molecule has 0 amide bonds. The molecule has 0 unspecified atom stereocenters. The minimum atomic E-state index is 0.619. The summed E-state index contributed by atoms with van der Waals surface area (Å²) in [4.78, 5) is 15.6. The van der Waals surface area contributed by atoms with Gasteiger partial charge >= 0.3 is 0 Å². The Morgan fingerprint density at radius 3 is 2.77 bits per heavy atom. The Bertz CT molecular complexity index is 172. The van der Waals surface area contributed by atoms with Crippen molar-refractivity contribution in [1.29, 1.82) is 0 Å². The number of aliphatic imine (C=N–C) groups is 1. The predicted molar refractivity (Wildman–Crippen MR) is 49.5 cm³/mol. The van der Waals surface area contributed by atoms with Gasteiger partial charge in [-0.1, -0.05) is 0 Å². The summed E-state index contributed by atoms with van der Waals surface area (Å²) in [5, 5.41) is 0. The Balaban J connectivity index is 1.94. The van der Waals surface area contributed by atoms with Crippen molar-refractivity contribution < 1.29 is 9.53 Å². The molecule has 0 spiro atoms. The van der Waals surface area contributed by atoms with E-state index in [1.807, 2.05) is 0 Å². The van der Waals surface area contributed by atoms with Crippen molar-refractivity contribution in [3.8, 4) is 0 Å². The van der Waals surface area contributed by atoms with Gasteiger partial charge in [-0.15, -0.1) is 0 Å². The van der Waals surface area contributed by atoms with Crippen LogP contribution in [0.4, 0.5) is 0 Å². The van der Waals surface area contributed by atoms with E-state index in [1.165, 1.54) is 0 Å². The third-order valence-corrected chi connectivity index (χ3v) is 2.16. The summed E-state index contributed by atoms with van der Waals surface area (Å²) in [5.74, 6) is 0. The largest absolute Gasteiger partial charge is 0.379 e. The monoisotopic (exact) mass is 184 g/mol. The quantitative estimate of drug-likeness (QED) is 0.353. The van der Waals surface area contributed by atoms with Crippen molar-refractivity contribution in [2.75, 3.05) is 39.4 Å². The lowest BCUT2D eigenvalue weighted by molar-refractivity contribution is 0.0373. The van der Waals surface area contributed by atoms with E-state index in [4.69, 9.17) is 4.74 Å². The molecule has 4 heteroatoms. The van der Waals surface area contributed by atoms with E-state index in [2.05, 4.69) is 9.89 Å². The molecule has 1 aliphatic heterocycles. The SMILES string of the molecule is O=C=NCCCCN1CCOCC1. The van der Waals surface area contributed by atoms with E-state index in [0.717, 1.165) is 45.7 Å². The number of morpholine rings is 1. The van der Waals surface area contributed by atoms with E-state index in [-0.39, 0.29) is 0 Å². The van der Waals surface area contributed by atoms with Crippen LogP contribution in [-0.2, 0) is 9.53 Å². The van der Waals surface area contributed by atoms with Gasteiger partial charge in [0.05, 0.1) is 19.8 Å². The maximum absolute atomic E-state index is 9.75. The van der Waals surface area contributed by atoms with Gasteiger partial charge in [-0.3, -0.25) is 4.90 Å². The topological polar surface area (TPSA) is 41.9 Å². The average Bonchev–Trinajstić information content (AvgIpc) is 2.19. The Morgan fingerprint density at radius 2 is 2.08 bits per heavy atom. The number of unbranched alkanes of at least 4 members (excludes halogenated alkanes) is 1. The summed E-state index contributed by atoms with van der Waals surface area (Å²) in [6.45, 7) is 5.50. The minimum absolute atomic E-state index is 0.619. The maximum Gasteiger partial charge on any atom is 0.234 e. The third-order valence-electron chi connectivity index (χ3n) is 2.16. The van der Waals surface area contributed by atoms with Gasteiger partial charge in [-0.2, -0.15) is 0 Å². The second-order valence-corrected chi connectivity index (χ2v) is 3.13. The summed E-state index contributed by atoms with van der Waals surface area (Å²) in [7, 11) is 0. The molecule has 0 aromatic carbocycles. The van der Waals surface area contributed by atoms with Crippen LogP contribution >= 0.6 is 0 Å². The van der Waals surface area contributed by atoms with Crippen LogP contribution in [-0.4, -0.2) is 50.4 Å². The Hall–Kier alpha value is -0.700. The molecule has 74 valence electrons. The molecular weight excluding hydrogens is 168 g/mol. The molecule has 4 nitrogen and oxygen atoms in total. The highest BCUT2D eigenvalue weighted by Crippen LogP contribution is 1.99. The molecule has 1 heterocycles. The lowest BCUT2D eigenvalue weighted by Crippen LogP contribution is -2.36. The Morgan fingerprint density at radius 1 is 1.31 bits per heavy atom. The summed E-state index contributed by atoms with van der Waals surface area (Å²) in [6.07, 6.45) is 3.63. The first kappa shape index (κ1) is 10.4. The number of nitrogens with zero attached hydrogens (tertiary/aromatic N) is 2. The van der Waals surface area contributed by atoms with Crippen molar-refractivity contribution in [3.63, 3.8) is 0 Å². The van der Waals surface area contributed by atoms with Gasteiger partial charge in [0.2, 0.25) is 6.08 Å². The minimum Gasteiger partial charge on any atom is -0.379 e. The molecule has 1 fully saturated rings. The number of rotatable bonds is 5. The molecule has 13 heavy (non-hydrogen) atoms. The second kappa shape index (κ2) is 6.78. The molecule has 0 bridgehead atoms. The van der Waals surface area contributed by atoms with Crippen LogP contribution in [0.15, 0.2) is 4.99 Å². The molecule has 1 aliphatic rings. The number of carbonyl (C=O) groups excluding carboxylic acids is 1. The summed E-state index contributed by atoms with van der Waals surface area (Å²) in [5.41, 5.74) is 0. The highest BCUT2D eigenvalue weighted by Gasteiger charge is 2.08. The van der Waals surface area contributed by atoms with Gasteiger partial charge in [-0.25, -0.2) is 9.79 Å². The zero-order chi connectivity index (χ0) is 9.36. The molecule has 0 aromatic rings. The van der Waals surface area contributed by atoms with E-state index >= 15 is 0 Å². The average molecular weight is 184 g/mol. The van der Waals surface area contributed by atoms with Crippen LogP contribution in [0.3, 0.4) is 0 Å². The van der Waals surface area contributed by atoms with Crippen molar-refractivity contribution in [2.24, 2.45) is 4.99 Å². The summed E-state index contributed by atoms with van der Waals surface area (Å²) < 4.78 is 5.23. The van der Waals surface area contributed by atoms with Gasteiger partial charge in [0, 0.05) is 13.1 Å². The van der Waals surface area contributed by atoms with Crippen molar-refractivity contribution >= 4 is 6.08 Å². The molecule has 0 radical (unpaired) electrons. The number of isocyanates is 1. The molecule has 1 rings (SSSR count). The Labute approximate surface area is 78.6 Å². The van der Waals surface area contributed by atoms with Crippen molar-refractivity contribution in [2.45, 2.75) is 12.8 Å². The van der Waals surface area contributed by atoms with Crippen LogP contribution in [0.25, 0.3) is 0 Å². The number of ether oxygens (including phenoxy) is 1. The smallest absolute Gasteiger partial charge is 0.234 e. The fourth-order valence-electron chi connectivity index (χ4n) is 1.40. The fourth-order valence-corrected chi connectivity index (χ4v) is 1.40. The standard InChI is InChI=1S/C9H16N2O2/c12-9-10-3-1-2-4-11-5-7-13-8-6-11/h1-8H2. The summed E-state index contributed by atoms with van der Waals surface area (Å²) >= 11 is 0. The third kappa shape index (κ3) is 4.78. The normalized spacial score (nSPS) is 18.2. The van der Waals surface area contributed by atoms with Gasteiger partial charge in [0.1, 0.15) is 0 Å². The highest BCUT2D eigenvalue weighted by molar-refractivity contribution is 5.32. The first-order chi connectivity index (χ1) is 6.43. The van der Waals surface area contributed by atoms with Gasteiger partial charge in [0.15, 0.2) is 0 Å². The summed E-state index contributed by atoms with van der Waals surface area (Å²) in [6, 6.07) is 0. The van der Waals surface area contributed by atoms with Gasteiger partial charge in [-0.05, 0) is 19.4 Å². The first-order valence-corrected chi connectivity index (χ1v) is 4.77. The van der Waals surface area contributed by atoms with Gasteiger partial charge in [0.25, 0.3) is 0 Å². The van der Waals surface area contributed by atoms with E-state index in [9.17, 15) is 4.79 Å². The Kier molecular flexibility index (Phi) is 5.41. The zero-order valence-corrected chi connectivity index (χ0v) is 7.87. The molecule has 0 atom stereocenters. The van der Waals surface area contributed by atoms with Crippen LogP contribution < -0.4 is 0 Å². The fraction of sp³-hybridized carbons (Fsp3) is 0.889. The highest BCUT2D eigenvalue weighted by atomic mass is 16.5. The first-order valence-electron chi connectivity index (χ1n) is 4.77.